The first-order valence-electron chi connectivity index (χ1n) is 15.8. The fourth-order valence-electron chi connectivity index (χ4n) is 5.92. The molecule has 5 rings (SSSR count). The molecule has 1 saturated heterocycles. The van der Waals surface area contributed by atoms with Gasteiger partial charge in [-0.3, -0.25) is 14.5 Å². The Kier molecular flexibility index (Phi) is 9.92. The summed E-state index contributed by atoms with van der Waals surface area (Å²) in [6.45, 7) is 7.26. The molecule has 2 aliphatic heterocycles. The van der Waals surface area contributed by atoms with E-state index >= 15 is 0 Å². The van der Waals surface area contributed by atoms with Crippen LogP contribution in [0.2, 0.25) is 0 Å². The van der Waals surface area contributed by atoms with Crippen molar-refractivity contribution in [1.29, 1.82) is 0 Å². The highest BCUT2D eigenvalue weighted by atomic mass is 32.2. The predicted molar refractivity (Wildman–Crippen MR) is 179 cm³/mol. The number of aryl methyl sites for hydroxylation is 1. The number of hydrogen-bond donors (Lipinski definition) is 3. The Morgan fingerprint density at radius 3 is 2.25 bits per heavy atom. The van der Waals surface area contributed by atoms with E-state index in [1.165, 1.54) is 17.0 Å². The third-order valence-corrected chi connectivity index (χ3v) is 10.2. The highest BCUT2D eigenvalue weighted by molar-refractivity contribution is 7.89. The van der Waals surface area contributed by atoms with Crippen molar-refractivity contribution in [3.63, 3.8) is 0 Å². The van der Waals surface area contributed by atoms with Gasteiger partial charge in [-0.15, -0.1) is 0 Å². The van der Waals surface area contributed by atoms with Gasteiger partial charge in [0.2, 0.25) is 21.8 Å². The highest BCUT2D eigenvalue weighted by Gasteiger charge is 2.42. The average molecular weight is 677 g/mol. The van der Waals surface area contributed by atoms with Gasteiger partial charge in [0.1, 0.15) is 23.7 Å². The van der Waals surface area contributed by atoms with Gasteiger partial charge >= 0.3 is 12.1 Å². The van der Waals surface area contributed by atoms with Crippen LogP contribution in [0.1, 0.15) is 50.3 Å². The molecule has 2 aliphatic rings. The molecule has 0 aliphatic carbocycles. The lowest BCUT2D eigenvalue weighted by Crippen LogP contribution is -2.51. The van der Waals surface area contributed by atoms with E-state index in [-0.39, 0.29) is 24.3 Å². The molecular weight excluding hydrogens is 636 g/mol. The number of carbonyl (C=O) groups is 4. The summed E-state index contributed by atoms with van der Waals surface area (Å²) >= 11 is 0. The third kappa shape index (κ3) is 7.69. The van der Waals surface area contributed by atoms with Crippen LogP contribution in [-0.2, 0) is 42.0 Å². The van der Waals surface area contributed by atoms with Crippen molar-refractivity contribution >= 4 is 45.3 Å². The van der Waals surface area contributed by atoms with E-state index in [9.17, 15) is 32.7 Å². The number of nitrogens with one attached hydrogen (secondary N) is 2. The van der Waals surface area contributed by atoms with Crippen LogP contribution in [0.4, 0.5) is 16.2 Å². The minimum atomic E-state index is -3.96. The monoisotopic (exact) mass is 676 g/mol. The van der Waals surface area contributed by atoms with Crippen molar-refractivity contribution in [2.75, 3.05) is 16.8 Å². The van der Waals surface area contributed by atoms with Gasteiger partial charge in [-0.1, -0.05) is 48.0 Å². The van der Waals surface area contributed by atoms with Gasteiger partial charge in [-0.05, 0) is 82.0 Å². The zero-order valence-electron chi connectivity index (χ0n) is 27.3. The van der Waals surface area contributed by atoms with Gasteiger partial charge < -0.3 is 20.5 Å². The van der Waals surface area contributed by atoms with Crippen LogP contribution in [0.15, 0.2) is 77.7 Å². The number of hydrogen-bond acceptors (Lipinski definition) is 7. The smallest absolute Gasteiger partial charge is 0.415 e. The van der Waals surface area contributed by atoms with Crippen LogP contribution in [-0.4, -0.2) is 72.0 Å². The van der Waals surface area contributed by atoms with Gasteiger partial charge in [0.25, 0.3) is 0 Å². The van der Waals surface area contributed by atoms with Crippen LogP contribution in [0, 0.1) is 6.92 Å². The number of carboxylic acid groups (broad SMARTS) is 1. The standard InChI is InChI=1S/C35H40N4O8S/c1-22-11-17-26(18-12-22)48(45,46)38-19-7-10-29(38)31(40)37-27(33(42)43)20-23-13-15-25(16-14-23)36-32(41)30-21-24-8-5-6-9-28(24)39(30)34(44)47-35(2,3)4/h5-6,8-9,11-18,27,29-30H,7,10,19-21H2,1-4H3,(H,36,41)(H,37,40)(H,42,43)/t27-,29-,30?/m0/s1. The van der Waals surface area contributed by atoms with E-state index in [0.29, 0.717) is 29.8 Å². The highest BCUT2D eigenvalue weighted by Crippen LogP contribution is 2.34. The molecule has 254 valence electrons. The summed E-state index contributed by atoms with van der Waals surface area (Å²) in [5.74, 6) is -2.36. The summed E-state index contributed by atoms with van der Waals surface area (Å²) in [4.78, 5) is 53.4. The Morgan fingerprint density at radius 2 is 1.60 bits per heavy atom. The van der Waals surface area contributed by atoms with Crippen molar-refractivity contribution in [1.82, 2.24) is 9.62 Å². The Morgan fingerprint density at radius 1 is 0.938 bits per heavy atom. The second kappa shape index (κ2) is 13.8. The molecule has 3 atom stereocenters. The number of amides is 3. The number of para-hydroxylation sites is 1. The first-order valence-corrected chi connectivity index (χ1v) is 17.2. The molecule has 0 bridgehead atoms. The Bertz CT molecular complexity index is 1800. The molecule has 0 spiro atoms. The number of ether oxygens (including phenoxy) is 1. The summed E-state index contributed by atoms with van der Waals surface area (Å²) in [6.07, 6.45) is 0.352. The molecule has 1 fully saturated rings. The number of aliphatic carboxylic acids is 1. The van der Waals surface area contributed by atoms with Gasteiger partial charge in [0.15, 0.2) is 0 Å². The maximum atomic E-state index is 13.4. The lowest BCUT2D eigenvalue weighted by molar-refractivity contribution is -0.142. The molecule has 1 unspecified atom stereocenters. The molecular formula is C35H40N4O8S. The topological polar surface area (TPSA) is 162 Å². The molecule has 13 heteroatoms. The van der Waals surface area contributed by atoms with E-state index < -0.39 is 57.6 Å². The summed E-state index contributed by atoms with van der Waals surface area (Å²) in [7, 11) is -3.96. The maximum absolute atomic E-state index is 13.4. The SMILES string of the molecule is Cc1ccc(S(=O)(=O)N2CCC[C@H]2C(=O)N[C@@H](Cc2ccc(NC(=O)C3Cc4ccccc4N3C(=O)OC(C)(C)C)cc2)C(=O)O)cc1. The van der Waals surface area contributed by atoms with Gasteiger partial charge in [-0.2, -0.15) is 4.31 Å². The van der Waals surface area contributed by atoms with Crippen molar-refractivity contribution < 1.29 is 37.4 Å². The lowest BCUT2D eigenvalue weighted by atomic mass is 10.0. The summed E-state index contributed by atoms with van der Waals surface area (Å²) in [5, 5.41) is 15.3. The summed E-state index contributed by atoms with van der Waals surface area (Å²) < 4.78 is 33.3. The van der Waals surface area contributed by atoms with E-state index in [4.69, 9.17) is 4.74 Å². The number of benzene rings is 3. The Hall–Kier alpha value is -4.75. The van der Waals surface area contributed by atoms with Crippen molar-refractivity contribution in [3.05, 3.63) is 89.5 Å². The van der Waals surface area contributed by atoms with Crippen LogP contribution >= 0.6 is 0 Å². The summed E-state index contributed by atoms with van der Waals surface area (Å²) in [6, 6.07) is 16.9. The fourth-order valence-corrected chi connectivity index (χ4v) is 7.58. The van der Waals surface area contributed by atoms with Crippen molar-refractivity contribution in [2.45, 2.75) is 82.0 Å². The molecule has 3 aromatic rings. The zero-order valence-corrected chi connectivity index (χ0v) is 28.1. The predicted octanol–water partition coefficient (Wildman–Crippen LogP) is 4.27. The average Bonchev–Trinajstić information content (AvgIpc) is 3.67. The third-order valence-electron chi connectivity index (χ3n) is 8.28. The minimum absolute atomic E-state index is 0.0723. The van der Waals surface area contributed by atoms with E-state index in [1.54, 1.807) is 69.3 Å². The number of anilines is 2. The fraction of sp³-hybridized carbons (Fsp3) is 0.371. The number of carboxylic acids is 1. The zero-order chi connectivity index (χ0) is 34.8. The largest absolute Gasteiger partial charge is 0.480 e. The molecule has 3 N–H and O–H groups in total. The molecule has 0 saturated carbocycles. The molecule has 12 nitrogen and oxygen atoms in total. The Labute approximate surface area is 280 Å². The normalized spacial score (nSPS) is 18.5. The molecule has 0 aromatic heterocycles. The lowest BCUT2D eigenvalue weighted by Gasteiger charge is -2.28. The Balaban J connectivity index is 1.23. The second-order valence-electron chi connectivity index (χ2n) is 13.1. The van der Waals surface area contributed by atoms with Gasteiger partial charge in [0.05, 0.1) is 10.6 Å². The minimum Gasteiger partial charge on any atom is -0.480 e. The van der Waals surface area contributed by atoms with Gasteiger partial charge in [0, 0.05) is 25.1 Å². The number of sulfonamides is 1. The number of fused-ring (bicyclic) bond motifs is 1. The number of nitrogens with zero attached hydrogens (tertiary/aromatic N) is 2. The van der Waals surface area contributed by atoms with E-state index in [0.717, 1.165) is 15.4 Å². The molecule has 0 radical (unpaired) electrons. The van der Waals surface area contributed by atoms with Crippen LogP contribution < -0.4 is 15.5 Å². The molecule has 3 amide bonds. The number of rotatable bonds is 9. The molecule has 2 heterocycles. The summed E-state index contributed by atoms with van der Waals surface area (Å²) in [5.41, 5.74) is 2.59. The first-order chi connectivity index (χ1) is 22.6. The first kappa shape index (κ1) is 34.6. The van der Waals surface area contributed by atoms with Gasteiger partial charge in [-0.25, -0.2) is 18.0 Å². The quantitative estimate of drug-likeness (QED) is 0.303. The van der Waals surface area contributed by atoms with E-state index in [2.05, 4.69) is 10.6 Å². The maximum Gasteiger partial charge on any atom is 0.415 e. The second-order valence-corrected chi connectivity index (χ2v) is 15.0. The van der Waals surface area contributed by atoms with Crippen molar-refractivity contribution in [2.24, 2.45) is 0 Å². The number of carbonyl (C=O) groups excluding carboxylic acids is 3. The molecule has 3 aromatic carbocycles. The van der Waals surface area contributed by atoms with Crippen LogP contribution in [0.3, 0.4) is 0 Å². The van der Waals surface area contributed by atoms with Crippen LogP contribution in [0.5, 0.6) is 0 Å². The van der Waals surface area contributed by atoms with E-state index in [1.807, 2.05) is 19.1 Å². The van der Waals surface area contributed by atoms with Crippen LogP contribution in [0.25, 0.3) is 0 Å². The molecule has 48 heavy (non-hydrogen) atoms. The van der Waals surface area contributed by atoms with Crippen molar-refractivity contribution in [3.8, 4) is 0 Å².